The van der Waals surface area contributed by atoms with E-state index >= 15 is 0 Å². The fourth-order valence-electron chi connectivity index (χ4n) is 9.12. The van der Waals surface area contributed by atoms with E-state index in [0.717, 1.165) is 60.6 Å². The summed E-state index contributed by atoms with van der Waals surface area (Å²) < 4.78 is 26.5. The summed E-state index contributed by atoms with van der Waals surface area (Å²) in [6, 6.07) is 18.1. The third kappa shape index (κ3) is 8.58. The lowest BCUT2D eigenvalue weighted by atomic mass is 9.97. The summed E-state index contributed by atoms with van der Waals surface area (Å²) in [6.45, 7) is 4.41. The van der Waals surface area contributed by atoms with Crippen molar-refractivity contribution in [2.45, 2.75) is 120 Å². The Morgan fingerprint density at radius 1 is 1.02 bits per heavy atom. The number of nitrogens with zero attached hydrogens (tertiary/aromatic N) is 3. The number of carbonyl (C=O) groups excluding carboxylic acids is 4. The lowest BCUT2D eigenvalue weighted by Gasteiger charge is -2.37. The molecule has 8 rings (SSSR count). The molecule has 3 amide bonds. The molecule has 1 spiro atoms. The molecule has 2 aromatic heterocycles. The molecule has 3 aliphatic heterocycles. The minimum atomic E-state index is -3.68. The molecular weight excluding hydrogens is 774 g/mol. The standard InChI is InChI=1S/C44H52N5O7PS/c1-3-22-55-43(53)29(2)47-57(54,56-35-12-5-4-6-13-35)28-30-15-18-38-32(23-30)24-39(58-38)40(50)46-36-14-8-7-11-34-16-17-37(49(34)41(36)51)42(52)48-27-33(25-44(48)19-20-44)31-10-9-21-45-26-31/h4-6,9-10,12-13,15,18,21,23-24,26,29,33-34,36-37H,3,7-8,11,14,16-17,19-20,22,25,27-28H2,1-2H3,(H,46,50)(H,47,54)/t29-,33-,34-,36?,37-,57?/m0/s1. The van der Waals surface area contributed by atoms with E-state index in [0.29, 0.717) is 42.0 Å². The Labute approximate surface area is 343 Å². The molecule has 4 fully saturated rings. The maximum Gasteiger partial charge on any atom is 0.323 e. The average Bonchev–Trinajstić information content (AvgIpc) is 3.50. The van der Waals surface area contributed by atoms with Crippen molar-refractivity contribution in [3.63, 3.8) is 0 Å². The van der Waals surface area contributed by atoms with Gasteiger partial charge in [-0.1, -0.05) is 50.1 Å². The van der Waals surface area contributed by atoms with E-state index in [9.17, 15) is 23.7 Å². The van der Waals surface area contributed by atoms with Crippen LogP contribution in [0.25, 0.3) is 10.1 Å². The largest absolute Gasteiger partial charge is 0.465 e. The van der Waals surface area contributed by atoms with Crippen molar-refractivity contribution in [1.29, 1.82) is 0 Å². The Balaban J connectivity index is 0.964. The zero-order valence-electron chi connectivity index (χ0n) is 33.1. The van der Waals surface area contributed by atoms with Crippen LogP contribution >= 0.6 is 18.9 Å². The van der Waals surface area contributed by atoms with Crippen LogP contribution in [0.15, 0.2) is 79.1 Å². The molecule has 2 N–H and O–H groups in total. The van der Waals surface area contributed by atoms with Crippen LogP contribution in [-0.2, 0) is 29.8 Å². The van der Waals surface area contributed by atoms with E-state index in [-0.39, 0.29) is 48.0 Å². The summed E-state index contributed by atoms with van der Waals surface area (Å²) in [5.41, 5.74) is 1.72. The van der Waals surface area contributed by atoms with Crippen molar-refractivity contribution in [3.8, 4) is 5.75 Å². The van der Waals surface area contributed by atoms with Crippen molar-refractivity contribution >= 4 is 52.6 Å². The Hall–Kier alpha value is -4.58. The highest BCUT2D eigenvalue weighted by molar-refractivity contribution is 7.56. The predicted molar refractivity (Wildman–Crippen MR) is 223 cm³/mol. The number of aromatic nitrogens is 1. The van der Waals surface area contributed by atoms with Crippen LogP contribution in [0.1, 0.15) is 105 Å². The Bertz CT molecular complexity index is 2200. The zero-order valence-corrected chi connectivity index (χ0v) is 34.9. The van der Waals surface area contributed by atoms with Crippen LogP contribution in [0.3, 0.4) is 0 Å². The predicted octanol–water partition coefficient (Wildman–Crippen LogP) is 7.58. The van der Waals surface area contributed by atoms with Gasteiger partial charge in [-0.15, -0.1) is 11.3 Å². The number of benzene rings is 2. The number of hydrogen-bond donors (Lipinski definition) is 2. The van der Waals surface area contributed by atoms with Crippen LogP contribution in [0.5, 0.6) is 5.75 Å². The monoisotopic (exact) mass is 825 g/mol. The van der Waals surface area contributed by atoms with E-state index < -0.39 is 31.6 Å². The highest BCUT2D eigenvalue weighted by Crippen LogP contribution is 2.54. The molecule has 2 unspecified atom stereocenters. The Morgan fingerprint density at radius 2 is 1.83 bits per heavy atom. The molecular formula is C44H52N5O7PS. The van der Waals surface area contributed by atoms with Gasteiger partial charge in [-0.25, -0.2) is 5.09 Å². The number of ether oxygens (including phenoxy) is 1. The number of pyridine rings is 1. The second kappa shape index (κ2) is 17.0. The van der Waals surface area contributed by atoms with E-state index in [2.05, 4.69) is 26.4 Å². The van der Waals surface area contributed by atoms with E-state index in [4.69, 9.17) is 9.26 Å². The topological polar surface area (TPSA) is 147 Å². The molecule has 1 saturated carbocycles. The van der Waals surface area contributed by atoms with Gasteiger partial charge in [0.2, 0.25) is 11.8 Å². The van der Waals surface area contributed by atoms with Gasteiger partial charge < -0.3 is 24.4 Å². The first kappa shape index (κ1) is 40.2. The molecule has 0 radical (unpaired) electrons. The minimum Gasteiger partial charge on any atom is -0.465 e. The van der Waals surface area contributed by atoms with E-state index in [1.54, 1.807) is 43.5 Å². The quantitative estimate of drug-likeness (QED) is 0.103. The fraction of sp³-hybridized carbons (Fsp3) is 0.477. The summed E-state index contributed by atoms with van der Waals surface area (Å²) in [5, 5.41) is 6.78. The Kier molecular flexibility index (Phi) is 11.8. The van der Waals surface area contributed by atoms with Crippen molar-refractivity contribution in [1.82, 2.24) is 25.2 Å². The minimum absolute atomic E-state index is 0.0166. The van der Waals surface area contributed by atoms with Gasteiger partial charge in [-0.3, -0.25) is 28.7 Å². The first-order valence-corrected chi connectivity index (χ1v) is 23.3. The summed E-state index contributed by atoms with van der Waals surface area (Å²) in [7, 11) is -3.68. The number of carbonyl (C=O) groups is 4. The van der Waals surface area contributed by atoms with Crippen LogP contribution < -0.4 is 14.9 Å². The second-order valence-corrected chi connectivity index (χ2v) is 19.6. The number of fused-ring (bicyclic) bond motifs is 2. The summed E-state index contributed by atoms with van der Waals surface area (Å²) in [4.78, 5) is 64.1. The number of thiophene rings is 1. The molecule has 6 atom stereocenters. The fourth-order valence-corrected chi connectivity index (χ4v) is 12.1. The maximum absolute atomic E-state index is 14.5. The van der Waals surface area contributed by atoms with Gasteiger partial charge in [-0.2, -0.15) is 0 Å². The summed E-state index contributed by atoms with van der Waals surface area (Å²) in [5.74, 6) is -0.333. The summed E-state index contributed by atoms with van der Waals surface area (Å²) >= 11 is 1.32. The van der Waals surface area contributed by atoms with Gasteiger partial charge in [0.25, 0.3) is 5.91 Å². The molecule has 4 aromatic rings. The second-order valence-electron chi connectivity index (χ2n) is 16.4. The number of para-hydroxylation sites is 1. The molecule has 58 heavy (non-hydrogen) atoms. The maximum atomic E-state index is 14.5. The van der Waals surface area contributed by atoms with E-state index in [1.807, 2.05) is 48.4 Å². The smallest absolute Gasteiger partial charge is 0.323 e. The molecule has 0 bridgehead atoms. The van der Waals surface area contributed by atoms with Gasteiger partial charge in [0.1, 0.15) is 23.9 Å². The summed E-state index contributed by atoms with van der Waals surface area (Å²) in [6.07, 6.45) is 11.8. The number of rotatable bonds is 13. The van der Waals surface area contributed by atoms with Crippen molar-refractivity contribution in [2.24, 2.45) is 0 Å². The van der Waals surface area contributed by atoms with Crippen LogP contribution in [0, 0.1) is 0 Å². The first-order valence-electron chi connectivity index (χ1n) is 20.7. The molecule has 2 aromatic carbocycles. The lowest BCUT2D eigenvalue weighted by Crippen LogP contribution is -2.57. The molecule has 3 saturated heterocycles. The average molecular weight is 826 g/mol. The molecule has 5 heterocycles. The van der Waals surface area contributed by atoms with Gasteiger partial charge >= 0.3 is 13.5 Å². The number of hydrogen-bond acceptors (Lipinski definition) is 9. The molecule has 12 nitrogen and oxygen atoms in total. The van der Waals surface area contributed by atoms with Crippen LogP contribution in [-0.4, -0.2) is 81.3 Å². The van der Waals surface area contributed by atoms with Crippen molar-refractivity contribution in [3.05, 3.63) is 95.1 Å². The molecule has 4 aliphatic rings. The van der Waals surface area contributed by atoms with Gasteiger partial charge in [0.05, 0.1) is 17.6 Å². The molecule has 1 aliphatic carbocycles. The number of esters is 1. The van der Waals surface area contributed by atoms with Gasteiger partial charge in [0, 0.05) is 41.1 Å². The third-order valence-electron chi connectivity index (χ3n) is 12.2. The molecule has 306 valence electrons. The molecule has 14 heteroatoms. The highest BCUT2D eigenvalue weighted by Gasteiger charge is 2.58. The first-order chi connectivity index (χ1) is 28.0. The van der Waals surface area contributed by atoms with Crippen LogP contribution in [0.2, 0.25) is 0 Å². The van der Waals surface area contributed by atoms with Crippen molar-refractivity contribution in [2.75, 3.05) is 13.2 Å². The van der Waals surface area contributed by atoms with Crippen LogP contribution in [0.4, 0.5) is 0 Å². The number of nitrogens with one attached hydrogen (secondary N) is 2. The highest BCUT2D eigenvalue weighted by atomic mass is 32.1. The normalized spacial score (nSPS) is 24.1. The number of likely N-dealkylation sites (tertiary alicyclic amines) is 1. The number of amides is 3. The van der Waals surface area contributed by atoms with Crippen molar-refractivity contribution < 1.29 is 33.0 Å². The SMILES string of the molecule is CCCOC(=O)[C@H](C)NP(=O)(Cc1ccc2sc(C(=O)NC3CCCC[C@H]4CC[C@@H](C(=O)N5C[C@@H](c6cccnc6)CC56CC6)N4C3=O)cc2c1)Oc1ccccc1. The van der Waals surface area contributed by atoms with Gasteiger partial charge in [-0.05, 0) is 111 Å². The van der Waals surface area contributed by atoms with E-state index in [1.165, 1.54) is 11.3 Å². The lowest BCUT2D eigenvalue weighted by molar-refractivity contribution is -0.148. The van der Waals surface area contributed by atoms with Gasteiger partial charge in [0.15, 0.2) is 0 Å². The Morgan fingerprint density at radius 3 is 2.59 bits per heavy atom. The third-order valence-corrected chi connectivity index (χ3v) is 15.3. The zero-order chi connectivity index (χ0) is 40.4.